The summed E-state index contributed by atoms with van der Waals surface area (Å²) >= 11 is 1.52. The van der Waals surface area contributed by atoms with Gasteiger partial charge in [-0.05, 0) is 25.0 Å². The van der Waals surface area contributed by atoms with E-state index in [9.17, 15) is 9.90 Å². The molecule has 0 aliphatic carbocycles. The van der Waals surface area contributed by atoms with Crippen LogP contribution < -0.4 is 5.73 Å². The van der Waals surface area contributed by atoms with Crippen LogP contribution in [0.4, 0.5) is 0 Å². The third-order valence-electron chi connectivity index (χ3n) is 3.57. The number of aryl methyl sites for hydroxylation is 2. The molecule has 0 amide bonds. The van der Waals surface area contributed by atoms with E-state index in [0.29, 0.717) is 6.42 Å². The summed E-state index contributed by atoms with van der Waals surface area (Å²) in [5.41, 5.74) is 7.22. The third kappa shape index (κ3) is 2.59. The van der Waals surface area contributed by atoms with E-state index in [-0.39, 0.29) is 6.54 Å². The highest BCUT2D eigenvalue weighted by Crippen LogP contribution is 2.31. The fourth-order valence-electron chi connectivity index (χ4n) is 2.46. The number of aromatic nitrogens is 1. The number of benzene rings is 1. The van der Waals surface area contributed by atoms with Crippen LogP contribution >= 0.6 is 11.3 Å². The van der Waals surface area contributed by atoms with Crippen LogP contribution in [0.1, 0.15) is 21.8 Å². The van der Waals surface area contributed by atoms with Gasteiger partial charge in [0.1, 0.15) is 5.41 Å². The van der Waals surface area contributed by atoms with Crippen molar-refractivity contribution in [3.63, 3.8) is 0 Å². The van der Waals surface area contributed by atoms with E-state index in [1.165, 1.54) is 11.3 Å². The van der Waals surface area contributed by atoms with Crippen LogP contribution in [0.2, 0.25) is 0 Å². The zero-order valence-electron chi connectivity index (χ0n) is 11.6. The number of carboxylic acid groups (broad SMARTS) is 1. The summed E-state index contributed by atoms with van der Waals surface area (Å²) in [5, 5.41) is 12.6. The van der Waals surface area contributed by atoms with Gasteiger partial charge in [0.05, 0.1) is 10.7 Å². The second-order valence-electron chi connectivity index (χ2n) is 4.94. The first-order chi connectivity index (χ1) is 9.49. The van der Waals surface area contributed by atoms with Crippen molar-refractivity contribution in [3.05, 3.63) is 51.5 Å². The molecule has 1 atom stereocenters. The molecular weight excluding hydrogens is 272 g/mol. The maximum absolute atomic E-state index is 11.9. The third-order valence-corrected chi connectivity index (χ3v) is 4.39. The van der Waals surface area contributed by atoms with Gasteiger partial charge in [0.15, 0.2) is 0 Å². The van der Waals surface area contributed by atoms with Crippen molar-refractivity contribution < 1.29 is 9.90 Å². The van der Waals surface area contributed by atoms with E-state index in [1.807, 2.05) is 43.5 Å². The predicted octanol–water partition coefficient (Wildman–Crippen LogP) is 2.28. The van der Waals surface area contributed by atoms with Crippen molar-refractivity contribution in [1.82, 2.24) is 4.98 Å². The summed E-state index contributed by atoms with van der Waals surface area (Å²) in [4.78, 5) is 16.3. The molecule has 2 aromatic rings. The standard InChI is InChI=1S/C15H18N2O2S/c1-10-5-3-4-6-13(10)15(9-16,14(18)19)7-12-8-20-11(2)17-12/h3-6,8H,7,9,16H2,1-2H3,(H,18,19). The van der Waals surface area contributed by atoms with Crippen LogP contribution in [0.3, 0.4) is 0 Å². The molecule has 1 heterocycles. The van der Waals surface area contributed by atoms with E-state index in [1.54, 1.807) is 0 Å². The lowest BCUT2D eigenvalue weighted by atomic mass is 9.75. The molecule has 0 saturated carbocycles. The highest BCUT2D eigenvalue weighted by molar-refractivity contribution is 7.09. The molecule has 106 valence electrons. The van der Waals surface area contributed by atoms with Crippen LogP contribution in [0.25, 0.3) is 0 Å². The maximum atomic E-state index is 11.9. The van der Waals surface area contributed by atoms with Crippen molar-refractivity contribution in [2.75, 3.05) is 6.54 Å². The lowest BCUT2D eigenvalue weighted by Crippen LogP contribution is -2.45. The molecule has 0 saturated heterocycles. The van der Waals surface area contributed by atoms with Crippen molar-refractivity contribution in [2.45, 2.75) is 25.7 Å². The van der Waals surface area contributed by atoms with E-state index in [4.69, 9.17) is 5.73 Å². The summed E-state index contributed by atoms with van der Waals surface area (Å²) in [5.74, 6) is -0.903. The number of nitrogens with zero attached hydrogens (tertiary/aromatic N) is 1. The fourth-order valence-corrected chi connectivity index (χ4v) is 3.08. The van der Waals surface area contributed by atoms with Crippen molar-refractivity contribution in [3.8, 4) is 0 Å². The Balaban J connectivity index is 2.51. The molecule has 1 aromatic heterocycles. The minimum atomic E-state index is -1.12. The molecule has 4 nitrogen and oxygen atoms in total. The van der Waals surface area contributed by atoms with Gasteiger partial charge < -0.3 is 10.8 Å². The largest absolute Gasteiger partial charge is 0.481 e. The first-order valence-electron chi connectivity index (χ1n) is 6.40. The Morgan fingerprint density at radius 3 is 2.60 bits per heavy atom. The Kier molecular flexibility index (Phi) is 4.20. The van der Waals surface area contributed by atoms with Crippen LogP contribution in [0.5, 0.6) is 0 Å². The number of hydrogen-bond donors (Lipinski definition) is 2. The van der Waals surface area contributed by atoms with Crippen molar-refractivity contribution >= 4 is 17.3 Å². The first-order valence-corrected chi connectivity index (χ1v) is 7.28. The van der Waals surface area contributed by atoms with E-state index >= 15 is 0 Å². The second kappa shape index (κ2) is 5.73. The lowest BCUT2D eigenvalue weighted by molar-refractivity contribution is -0.143. The summed E-state index contributed by atoms with van der Waals surface area (Å²) in [6, 6.07) is 7.50. The van der Waals surface area contributed by atoms with Crippen molar-refractivity contribution in [1.29, 1.82) is 0 Å². The Bertz CT molecular complexity index is 624. The number of carbonyl (C=O) groups is 1. The van der Waals surface area contributed by atoms with Crippen molar-refractivity contribution in [2.24, 2.45) is 5.73 Å². The normalized spacial score (nSPS) is 13.9. The zero-order chi connectivity index (χ0) is 14.8. The molecule has 0 bridgehead atoms. The summed E-state index contributed by atoms with van der Waals surface area (Å²) in [7, 11) is 0. The average Bonchev–Trinajstić information content (AvgIpc) is 2.82. The van der Waals surface area contributed by atoms with Gasteiger partial charge in [-0.1, -0.05) is 24.3 Å². The number of nitrogens with two attached hydrogens (primary N) is 1. The topological polar surface area (TPSA) is 76.2 Å². The monoisotopic (exact) mass is 290 g/mol. The van der Waals surface area contributed by atoms with Gasteiger partial charge in [-0.3, -0.25) is 4.79 Å². The molecule has 0 fully saturated rings. The molecular formula is C15H18N2O2S. The van der Waals surface area contributed by atoms with Gasteiger partial charge in [-0.2, -0.15) is 0 Å². The average molecular weight is 290 g/mol. The minimum Gasteiger partial charge on any atom is -0.481 e. The molecule has 2 rings (SSSR count). The Hall–Kier alpha value is -1.72. The fraction of sp³-hybridized carbons (Fsp3) is 0.333. The molecule has 3 N–H and O–H groups in total. The smallest absolute Gasteiger partial charge is 0.315 e. The Morgan fingerprint density at radius 2 is 2.10 bits per heavy atom. The molecule has 1 aromatic carbocycles. The van der Waals surface area contributed by atoms with Gasteiger partial charge in [-0.25, -0.2) is 4.98 Å². The quantitative estimate of drug-likeness (QED) is 0.885. The summed E-state index contributed by atoms with van der Waals surface area (Å²) < 4.78 is 0. The molecule has 0 aliphatic heterocycles. The van der Waals surface area contributed by atoms with Crippen LogP contribution in [0.15, 0.2) is 29.6 Å². The predicted molar refractivity (Wildman–Crippen MR) is 80.1 cm³/mol. The van der Waals surface area contributed by atoms with Gasteiger partial charge in [0, 0.05) is 18.3 Å². The molecule has 20 heavy (non-hydrogen) atoms. The SMILES string of the molecule is Cc1nc(CC(CN)(C(=O)O)c2ccccc2C)cs1. The summed E-state index contributed by atoms with van der Waals surface area (Å²) in [6.45, 7) is 3.87. The van der Waals surface area contributed by atoms with Crippen LogP contribution in [-0.4, -0.2) is 22.6 Å². The van der Waals surface area contributed by atoms with Crippen LogP contribution in [-0.2, 0) is 16.6 Å². The molecule has 0 aliphatic rings. The van der Waals surface area contributed by atoms with Crippen LogP contribution in [0, 0.1) is 13.8 Å². The number of hydrogen-bond acceptors (Lipinski definition) is 4. The number of thiazole rings is 1. The van der Waals surface area contributed by atoms with E-state index < -0.39 is 11.4 Å². The molecule has 0 radical (unpaired) electrons. The second-order valence-corrected chi connectivity index (χ2v) is 6.00. The number of carboxylic acids is 1. The van der Waals surface area contributed by atoms with E-state index in [2.05, 4.69) is 4.98 Å². The molecule has 0 spiro atoms. The van der Waals surface area contributed by atoms with Gasteiger partial charge >= 0.3 is 5.97 Å². The van der Waals surface area contributed by atoms with E-state index in [0.717, 1.165) is 21.8 Å². The highest BCUT2D eigenvalue weighted by atomic mass is 32.1. The Morgan fingerprint density at radius 1 is 1.40 bits per heavy atom. The zero-order valence-corrected chi connectivity index (χ0v) is 12.4. The summed E-state index contributed by atoms with van der Waals surface area (Å²) in [6.07, 6.45) is 0.314. The maximum Gasteiger partial charge on any atom is 0.315 e. The lowest BCUT2D eigenvalue weighted by Gasteiger charge is -2.29. The molecule has 1 unspecified atom stereocenters. The number of rotatable bonds is 5. The van der Waals surface area contributed by atoms with Gasteiger partial charge in [0.2, 0.25) is 0 Å². The molecule has 5 heteroatoms. The first kappa shape index (κ1) is 14.7. The van der Waals surface area contributed by atoms with Gasteiger partial charge in [-0.15, -0.1) is 11.3 Å². The Labute approximate surface area is 122 Å². The highest BCUT2D eigenvalue weighted by Gasteiger charge is 2.40. The number of aliphatic carboxylic acids is 1. The van der Waals surface area contributed by atoms with Gasteiger partial charge in [0.25, 0.3) is 0 Å². The minimum absolute atomic E-state index is 0.0454.